The Balaban J connectivity index is 1.31. The fourth-order valence-electron chi connectivity index (χ4n) is 7.71. The second-order valence-electron chi connectivity index (χ2n) is 12.8. The van der Waals surface area contributed by atoms with Gasteiger partial charge in [-0.05, 0) is 62.7 Å². The second-order valence-corrected chi connectivity index (χ2v) is 12.8. The number of Topliss-reactive ketones (excluding diaryl/α,β-unsaturated/α-hetero) is 1. The van der Waals surface area contributed by atoms with Gasteiger partial charge in [0.2, 0.25) is 5.81 Å². The summed E-state index contributed by atoms with van der Waals surface area (Å²) in [6.07, 6.45) is 24.3. The molecule has 6 heteroatoms. The Morgan fingerprint density at radius 1 is 0.865 bits per heavy atom. The molecule has 0 saturated heterocycles. The molecule has 3 aliphatic rings. The number of hydrogen-bond donors (Lipinski definition) is 2. The molecule has 1 amide bonds. The molecular weight excluding hydrogens is 459 g/mol. The maximum absolute atomic E-state index is 13.5. The Bertz CT molecular complexity index is 677. The Hall–Kier alpha value is -0.875. The van der Waals surface area contributed by atoms with Crippen LogP contribution in [0.3, 0.4) is 0 Å². The summed E-state index contributed by atoms with van der Waals surface area (Å²) < 4.78 is 6.00. The van der Waals surface area contributed by atoms with Crippen molar-refractivity contribution in [1.82, 2.24) is 5.32 Å². The van der Waals surface area contributed by atoms with Crippen molar-refractivity contribution in [2.75, 3.05) is 6.54 Å². The first-order chi connectivity index (χ1) is 17.9. The topological polar surface area (TPSA) is 81.4 Å². The predicted molar refractivity (Wildman–Crippen MR) is 155 cm³/mol. The lowest BCUT2D eigenvalue weighted by atomic mass is 9.44. The van der Waals surface area contributed by atoms with Gasteiger partial charge >= 0.3 is 7.48 Å². The molecule has 0 aromatic rings. The van der Waals surface area contributed by atoms with Crippen molar-refractivity contribution in [3.63, 3.8) is 0 Å². The van der Waals surface area contributed by atoms with Gasteiger partial charge in [-0.15, -0.1) is 0 Å². The molecule has 3 rings (SSSR count). The van der Waals surface area contributed by atoms with Gasteiger partial charge in [-0.3, -0.25) is 9.59 Å². The number of nitrogens with one attached hydrogen (secondary N) is 1. The number of hydrogen-bond acceptors (Lipinski definition) is 4. The summed E-state index contributed by atoms with van der Waals surface area (Å²) in [5.74, 6) is 1.95. The number of rotatable bonds is 10. The van der Waals surface area contributed by atoms with E-state index in [4.69, 9.17) is 10.4 Å². The normalized spacial score (nSPS) is 31.3. The molecule has 0 aliphatic heterocycles. The van der Waals surface area contributed by atoms with Gasteiger partial charge in [0.05, 0.1) is 6.04 Å². The van der Waals surface area contributed by atoms with E-state index in [9.17, 15) is 9.59 Å². The van der Waals surface area contributed by atoms with Crippen molar-refractivity contribution in [1.29, 1.82) is 0 Å². The monoisotopic (exact) mass is 516 g/mol. The van der Waals surface area contributed by atoms with Crippen LogP contribution in [0.5, 0.6) is 0 Å². The number of carbonyl (C=O) groups is 2. The molecule has 5 nitrogen and oxygen atoms in total. The van der Waals surface area contributed by atoms with Gasteiger partial charge in [0.15, 0.2) is 5.78 Å². The third-order valence-corrected chi connectivity index (χ3v) is 10.3. The van der Waals surface area contributed by atoms with Gasteiger partial charge in [0.1, 0.15) is 0 Å². The van der Waals surface area contributed by atoms with E-state index in [0.29, 0.717) is 36.5 Å². The Morgan fingerprint density at radius 3 is 2.03 bits per heavy atom. The zero-order valence-electron chi connectivity index (χ0n) is 24.2. The molecule has 5 atom stereocenters. The van der Waals surface area contributed by atoms with E-state index in [-0.39, 0.29) is 30.8 Å². The van der Waals surface area contributed by atoms with Gasteiger partial charge in [-0.25, -0.2) is 0 Å². The minimum absolute atomic E-state index is 0.0169. The summed E-state index contributed by atoms with van der Waals surface area (Å²) in [6.45, 7) is 5.13. The zero-order valence-corrected chi connectivity index (χ0v) is 24.2. The van der Waals surface area contributed by atoms with Crippen molar-refractivity contribution in [3.8, 4) is 0 Å². The van der Waals surface area contributed by atoms with Crippen LogP contribution >= 0.6 is 0 Å². The molecule has 5 unspecified atom stereocenters. The van der Waals surface area contributed by atoms with Crippen LogP contribution in [-0.2, 0) is 9.45 Å². The van der Waals surface area contributed by atoms with Crippen LogP contribution in [0.2, 0.25) is 0 Å². The number of amides is 1. The molecule has 0 aromatic carbocycles. The lowest BCUT2D eigenvalue weighted by Gasteiger charge is -2.59. The quantitative estimate of drug-likeness (QED) is 0.241. The summed E-state index contributed by atoms with van der Waals surface area (Å²) in [5.41, 5.74) is 6.23. The van der Waals surface area contributed by atoms with E-state index in [1.165, 1.54) is 96.3 Å². The fraction of sp³-hybridized carbons (Fsp3) is 0.935. The molecular formula is C31H57BN2O3. The Kier molecular flexibility index (Phi) is 13.5. The van der Waals surface area contributed by atoms with Crippen LogP contribution in [0.4, 0.5) is 4.79 Å². The number of nitrogens with two attached hydrogens (primary N) is 1. The maximum Gasteiger partial charge on any atom is 0.380 e. The SMILES string of the molecule is CC1C2CCCCCCCC2C1(C)C(=O)C(N)CCCCNC(=O)BOC1CCCCCCCCCC1. The predicted octanol–water partition coefficient (Wildman–Crippen LogP) is 7.05. The number of carbonyl (C=O) groups excluding carboxylic acids is 2. The van der Waals surface area contributed by atoms with Crippen molar-refractivity contribution in [2.45, 2.75) is 154 Å². The number of unbranched alkanes of at least 4 members (excludes halogenated alkanes) is 1. The molecule has 3 fully saturated rings. The van der Waals surface area contributed by atoms with Crippen LogP contribution < -0.4 is 11.1 Å². The van der Waals surface area contributed by atoms with E-state index in [2.05, 4.69) is 19.2 Å². The highest BCUT2D eigenvalue weighted by Gasteiger charge is 2.60. The van der Waals surface area contributed by atoms with E-state index in [0.717, 1.165) is 25.7 Å². The lowest BCUT2D eigenvalue weighted by molar-refractivity contribution is -0.162. The summed E-state index contributed by atoms with van der Waals surface area (Å²) in [4.78, 5) is 25.8. The smallest absolute Gasteiger partial charge is 0.380 e. The fourth-order valence-corrected chi connectivity index (χ4v) is 7.71. The van der Waals surface area contributed by atoms with Crippen LogP contribution in [0.25, 0.3) is 0 Å². The Morgan fingerprint density at radius 2 is 1.41 bits per heavy atom. The third kappa shape index (κ3) is 9.09. The van der Waals surface area contributed by atoms with Gasteiger partial charge in [0.25, 0.3) is 0 Å². The molecule has 212 valence electrons. The highest BCUT2D eigenvalue weighted by atomic mass is 16.4. The third-order valence-electron chi connectivity index (χ3n) is 10.3. The van der Waals surface area contributed by atoms with Crippen LogP contribution in [0.15, 0.2) is 0 Å². The lowest BCUT2D eigenvalue weighted by Crippen LogP contribution is -2.61. The van der Waals surface area contributed by atoms with Crippen molar-refractivity contribution < 1.29 is 14.2 Å². The average Bonchev–Trinajstić information content (AvgIpc) is 2.96. The molecule has 0 aromatic heterocycles. The van der Waals surface area contributed by atoms with Crippen molar-refractivity contribution >= 4 is 19.1 Å². The number of ketones is 1. The van der Waals surface area contributed by atoms with E-state index in [1.807, 2.05) is 0 Å². The van der Waals surface area contributed by atoms with E-state index >= 15 is 0 Å². The van der Waals surface area contributed by atoms with Crippen molar-refractivity contribution in [2.24, 2.45) is 28.9 Å². The first kappa shape index (κ1) is 30.7. The van der Waals surface area contributed by atoms with Gasteiger partial charge < -0.3 is 15.7 Å². The van der Waals surface area contributed by atoms with Crippen molar-refractivity contribution in [3.05, 3.63) is 0 Å². The maximum atomic E-state index is 13.5. The minimum atomic E-state index is -0.378. The van der Waals surface area contributed by atoms with Crippen LogP contribution in [0.1, 0.15) is 142 Å². The molecule has 3 N–H and O–H groups in total. The summed E-state index contributed by atoms with van der Waals surface area (Å²) in [5, 5.41) is 3.01. The minimum Gasteiger partial charge on any atom is -0.427 e. The van der Waals surface area contributed by atoms with Gasteiger partial charge in [-0.1, -0.05) is 97.3 Å². The first-order valence-corrected chi connectivity index (χ1v) is 16.1. The molecule has 0 bridgehead atoms. The average molecular weight is 517 g/mol. The highest BCUT2D eigenvalue weighted by molar-refractivity contribution is 6.68. The summed E-state index contributed by atoms with van der Waals surface area (Å²) >= 11 is 0. The highest BCUT2D eigenvalue weighted by Crippen LogP contribution is 2.60. The van der Waals surface area contributed by atoms with E-state index in [1.54, 1.807) is 0 Å². The first-order valence-electron chi connectivity index (χ1n) is 16.1. The van der Waals surface area contributed by atoms with Crippen LogP contribution in [0, 0.1) is 23.2 Å². The molecule has 3 aliphatic carbocycles. The summed E-state index contributed by atoms with van der Waals surface area (Å²) in [7, 11) is 0.168. The largest absolute Gasteiger partial charge is 0.427 e. The Labute approximate surface area is 228 Å². The number of fused-ring (bicyclic) bond motifs is 1. The second kappa shape index (κ2) is 16.3. The molecule has 3 saturated carbocycles. The zero-order chi connectivity index (χ0) is 26.5. The van der Waals surface area contributed by atoms with Gasteiger partial charge in [-0.2, -0.15) is 0 Å². The molecule has 0 heterocycles. The van der Waals surface area contributed by atoms with Gasteiger partial charge in [0, 0.05) is 18.1 Å². The van der Waals surface area contributed by atoms with Crippen LogP contribution in [-0.4, -0.2) is 37.8 Å². The molecule has 0 radical (unpaired) electrons. The van der Waals surface area contributed by atoms with E-state index < -0.39 is 0 Å². The summed E-state index contributed by atoms with van der Waals surface area (Å²) in [6, 6.07) is -0.378. The molecule has 0 spiro atoms. The standard InChI is InChI=1S/C31H57BN2O3/c1-24-26-20-14-10-7-11-15-21-27(26)31(24,2)29(35)28(33)22-16-17-23-34-30(36)32-37-25-18-12-8-5-3-4-6-9-13-19-25/h24-28,32H,3-23,33H2,1-2H3,(H,34,36). The molecule has 37 heavy (non-hydrogen) atoms.